The van der Waals surface area contributed by atoms with Gasteiger partial charge in [-0.25, -0.2) is 19.9 Å². The Bertz CT molecular complexity index is 987. The first-order chi connectivity index (χ1) is 12.9. The van der Waals surface area contributed by atoms with Gasteiger partial charge >= 0.3 is 6.18 Å². The number of anilines is 1. The molecule has 0 aliphatic heterocycles. The highest BCUT2D eigenvalue weighted by molar-refractivity contribution is 7.98. The number of hydrogen-bond donors (Lipinski definition) is 1. The highest BCUT2D eigenvalue weighted by Crippen LogP contribution is 2.37. The Morgan fingerprint density at radius 1 is 1.11 bits per heavy atom. The van der Waals surface area contributed by atoms with Gasteiger partial charge in [-0.2, -0.15) is 13.2 Å². The SMILES string of the molecule is Nc1nc(CSc2nccc(C(F)(F)F)n2)nc2sc3c(c12)CCCCC3. The molecule has 3 aromatic rings. The summed E-state index contributed by atoms with van der Waals surface area (Å²) < 4.78 is 38.3. The summed E-state index contributed by atoms with van der Waals surface area (Å²) in [7, 11) is 0. The fraction of sp³-hybridized carbons (Fsp3) is 0.412. The predicted octanol–water partition coefficient (Wildman–Crippen LogP) is 4.64. The van der Waals surface area contributed by atoms with Gasteiger partial charge in [-0.15, -0.1) is 11.3 Å². The number of hydrogen-bond acceptors (Lipinski definition) is 7. The molecule has 1 aliphatic rings. The monoisotopic (exact) mass is 411 g/mol. The number of halogens is 3. The van der Waals surface area contributed by atoms with E-state index >= 15 is 0 Å². The lowest BCUT2D eigenvalue weighted by atomic mass is 10.1. The van der Waals surface area contributed by atoms with E-state index in [1.807, 2.05) is 0 Å². The van der Waals surface area contributed by atoms with Crippen LogP contribution in [0.3, 0.4) is 0 Å². The number of thiophene rings is 1. The molecule has 1 aliphatic carbocycles. The number of nitrogens with zero attached hydrogens (tertiary/aromatic N) is 4. The van der Waals surface area contributed by atoms with Gasteiger partial charge in [0.15, 0.2) is 5.16 Å². The van der Waals surface area contributed by atoms with E-state index in [4.69, 9.17) is 5.73 Å². The van der Waals surface area contributed by atoms with Crippen molar-refractivity contribution in [3.63, 3.8) is 0 Å². The van der Waals surface area contributed by atoms with Crippen LogP contribution in [0, 0.1) is 0 Å². The molecule has 0 aromatic carbocycles. The summed E-state index contributed by atoms with van der Waals surface area (Å²) in [5.74, 6) is 1.17. The summed E-state index contributed by atoms with van der Waals surface area (Å²) in [6.07, 6.45) is 2.17. The van der Waals surface area contributed by atoms with Crippen LogP contribution in [0.4, 0.5) is 19.0 Å². The van der Waals surface area contributed by atoms with Gasteiger partial charge in [-0.05, 0) is 37.3 Å². The predicted molar refractivity (Wildman–Crippen MR) is 99.7 cm³/mol. The van der Waals surface area contributed by atoms with Crippen molar-refractivity contribution in [2.75, 3.05) is 5.73 Å². The number of alkyl halides is 3. The lowest BCUT2D eigenvalue weighted by Crippen LogP contribution is -2.08. The Morgan fingerprint density at radius 3 is 2.74 bits per heavy atom. The van der Waals surface area contributed by atoms with Gasteiger partial charge in [-0.1, -0.05) is 18.2 Å². The second-order valence-electron chi connectivity index (χ2n) is 6.28. The summed E-state index contributed by atoms with van der Waals surface area (Å²) in [4.78, 5) is 18.6. The van der Waals surface area contributed by atoms with E-state index in [1.54, 1.807) is 11.3 Å². The van der Waals surface area contributed by atoms with Crippen LogP contribution in [-0.2, 0) is 24.8 Å². The van der Waals surface area contributed by atoms with Crippen LogP contribution < -0.4 is 5.73 Å². The van der Waals surface area contributed by atoms with Gasteiger partial charge in [0.2, 0.25) is 0 Å². The van der Waals surface area contributed by atoms with Crippen molar-refractivity contribution in [3.05, 3.63) is 34.2 Å². The largest absolute Gasteiger partial charge is 0.433 e. The highest BCUT2D eigenvalue weighted by Gasteiger charge is 2.32. The first-order valence-corrected chi connectivity index (χ1v) is 10.3. The Labute approximate surface area is 161 Å². The Balaban J connectivity index is 1.58. The zero-order valence-corrected chi connectivity index (χ0v) is 15.8. The number of aryl methyl sites for hydroxylation is 2. The maximum atomic E-state index is 12.8. The quantitative estimate of drug-likeness (QED) is 0.384. The van der Waals surface area contributed by atoms with Gasteiger partial charge in [0, 0.05) is 11.1 Å². The molecule has 0 atom stereocenters. The normalized spacial score (nSPS) is 14.9. The number of rotatable bonds is 3. The Morgan fingerprint density at radius 2 is 1.93 bits per heavy atom. The van der Waals surface area contributed by atoms with Crippen LogP contribution in [0.5, 0.6) is 0 Å². The molecule has 0 spiro atoms. The summed E-state index contributed by atoms with van der Waals surface area (Å²) in [5, 5.41) is 0.982. The zero-order chi connectivity index (χ0) is 19.0. The average Bonchev–Trinajstić information content (AvgIpc) is 2.81. The van der Waals surface area contributed by atoms with Crippen molar-refractivity contribution in [3.8, 4) is 0 Å². The average molecular weight is 411 g/mol. The number of nitrogens with two attached hydrogens (primary N) is 1. The zero-order valence-electron chi connectivity index (χ0n) is 14.2. The van der Waals surface area contributed by atoms with Gasteiger partial charge in [0.25, 0.3) is 0 Å². The summed E-state index contributed by atoms with van der Waals surface area (Å²) in [6.45, 7) is 0. The van der Waals surface area contributed by atoms with Crippen molar-refractivity contribution < 1.29 is 13.2 Å². The second-order valence-corrected chi connectivity index (χ2v) is 8.31. The molecule has 0 amide bonds. The standard InChI is InChI=1S/C17H16F3N5S2/c18-17(19,20)11-6-7-22-16(23-11)26-8-12-24-14(21)13-9-4-2-1-3-5-10(9)27-15(13)25-12/h6-7H,1-5,8H2,(H2,21,24,25). The molecule has 10 heteroatoms. The minimum absolute atomic E-state index is 0.0362. The van der Waals surface area contributed by atoms with Crippen molar-refractivity contribution >= 4 is 39.1 Å². The van der Waals surface area contributed by atoms with E-state index in [2.05, 4.69) is 19.9 Å². The fourth-order valence-corrected chi connectivity index (χ4v) is 5.14. The minimum atomic E-state index is -4.49. The molecule has 27 heavy (non-hydrogen) atoms. The van der Waals surface area contributed by atoms with Crippen molar-refractivity contribution in [1.29, 1.82) is 0 Å². The number of thioether (sulfide) groups is 1. The first kappa shape index (κ1) is 18.4. The molecule has 142 valence electrons. The summed E-state index contributed by atoms with van der Waals surface area (Å²) >= 11 is 2.71. The molecule has 2 N–H and O–H groups in total. The molecular formula is C17H16F3N5S2. The second kappa shape index (κ2) is 7.23. The Kier molecular flexibility index (Phi) is 4.94. The lowest BCUT2D eigenvalue weighted by Gasteiger charge is -2.07. The number of aromatic nitrogens is 4. The lowest BCUT2D eigenvalue weighted by molar-refractivity contribution is -0.141. The van der Waals surface area contributed by atoms with Crippen molar-refractivity contribution in [2.45, 2.75) is 49.2 Å². The summed E-state index contributed by atoms with van der Waals surface area (Å²) in [5.41, 5.74) is 6.50. The van der Waals surface area contributed by atoms with E-state index in [9.17, 15) is 13.2 Å². The molecule has 0 radical (unpaired) electrons. The molecule has 3 heterocycles. The number of nitrogen functional groups attached to an aromatic ring is 1. The van der Waals surface area contributed by atoms with E-state index in [0.717, 1.165) is 53.5 Å². The molecule has 0 bridgehead atoms. The number of fused-ring (bicyclic) bond motifs is 3. The van der Waals surface area contributed by atoms with Gasteiger partial charge in [0.05, 0.1) is 11.1 Å². The van der Waals surface area contributed by atoms with Gasteiger partial charge in [0.1, 0.15) is 22.2 Å². The molecule has 5 nitrogen and oxygen atoms in total. The first-order valence-electron chi connectivity index (χ1n) is 8.51. The maximum Gasteiger partial charge on any atom is 0.433 e. The van der Waals surface area contributed by atoms with Crippen LogP contribution in [0.15, 0.2) is 17.4 Å². The van der Waals surface area contributed by atoms with Crippen LogP contribution in [0.25, 0.3) is 10.2 Å². The molecule has 0 saturated heterocycles. The van der Waals surface area contributed by atoms with E-state index in [1.165, 1.54) is 23.3 Å². The van der Waals surface area contributed by atoms with E-state index < -0.39 is 11.9 Å². The van der Waals surface area contributed by atoms with E-state index in [0.29, 0.717) is 11.6 Å². The van der Waals surface area contributed by atoms with E-state index in [-0.39, 0.29) is 10.9 Å². The minimum Gasteiger partial charge on any atom is -0.383 e. The maximum absolute atomic E-state index is 12.8. The highest BCUT2D eigenvalue weighted by atomic mass is 32.2. The van der Waals surface area contributed by atoms with Crippen LogP contribution >= 0.6 is 23.1 Å². The fourth-order valence-electron chi connectivity index (χ4n) is 3.17. The molecule has 3 aromatic heterocycles. The van der Waals surface area contributed by atoms with Crippen LogP contribution in [0.2, 0.25) is 0 Å². The third-order valence-corrected chi connectivity index (χ3v) is 6.44. The van der Waals surface area contributed by atoms with Crippen LogP contribution in [-0.4, -0.2) is 19.9 Å². The van der Waals surface area contributed by atoms with Crippen LogP contribution in [0.1, 0.15) is 41.2 Å². The van der Waals surface area contributed by atoms with Crippen molar-refractivity contribution in [1.82, 2.24) is 19.9 Å². The Hall–Kier alpha value is -1.94. The molecule has 0 saturated carbocycles. The molecular weight excluding hydrogens is 395 g/mol. The van der Waals surface area contributed by atoms with Crippen molar-refractivity contribution in [2.24, 2.45) is 0 Å². The molecule has 0 unspecified atom stereocenters. The molecule has 4 rings (SSSR count). The van der Waals surface area contributed by atoms with Gasteiger partial charge in [-0.3, -0.25) is 0 Å². The smallest absolute Gasteiger partial charge is 0.383 e. The van der Waals surface area contributed by atoms with Gasteiger partial charge < -0.3 is 5.73 Å². The third kappa shape index (κ3) is 3.86. The summed E-state index contributed by atoms with van der Waals surface area (Å²) in [6, 6.07) is 0.851. The molecule has 0 fully saturated rings. The topological polar surface area (TPSA) is 77.6 Å². The third-order valence-electron chi connectivity index (χ3n) is 4.39.